The molecule has 0 saturated heterocycles. The van der Waals surface area contributed by atoms with Gasteiger partial charge in [0.05, 0.1) is 35.7 Å². The number of phenolic OH excluding ortho intramolecular Hbond substituents is 2. The highest BCUT2D eigenvalue weighted by Crippen LogP contribution is 2.35. The smallest absolute Gasteiger partial charge is 0.265 e. The van der Waals surface area contributed by atoms with Crippen molar-refractivity contribution in [1.82, 2.24) is 14.9 Å². The summed E-state index contributed by atoms with van der Waals surface area (Å²) in [5.41, 5.74) is 3.92. The molecule has 1 heterocycles. The Morgan fingerprint density at radius 2 is 1.53 bits per heavy atom. The fourth-order valence-electron chi connectivity index (χ4n) is 2.55. The Labute approximate surface area is 193 Å². The number of aromatic nitrogens is 3. The number of hydrogen-bond donors (Lipinski definition) is 3. The third-order valence-electron chi connectivity index (χ3n) is 3.94. The van der Waals surface area contributed by atoms with Gasteiger partial charge in [-0.2, -0.15) is 14.9 Å². The van der Waals surface area contributed by atoms with E-state index in [0.29, 0.717) is 24.3 Å². The predicted octanol–water partition coefficient (Wildman–Crippen LogP) is 4.12. The molecular weight excluding hydrogens is 459 g/mol. The van der Waals surface area contributed by atoms with E-state index in [0.717, 1.165) is 0 Å². The van der Waals surface area contributed by atoms with Gasteiger partial charge in [0.1, 0.15) is 6.33 Å². The Kier molecular flexibility index (Phi) is 7.74. The van der Waals surface area contributed by atoms with Crippen molar-refractivity contribution in [3.05, 3.63) is 51.8 Å². The highest BCUT2D eigenvalue weighted by molar-refractivity contribution is 6.32. The van der Waals surface area contributed by atoms with Crippen LogP contribution >= 0.6 is 23.2 Å². The third kappa shape index (κ3) is 5.59. The zero-order chi connectivity index (χ0) is 23.1. The molecule has 10 nitrogen and oxygen atoms in total. The molecule has 0 saturated carbocycles. The normalized spacial score (nSPS) is 11.4. The molecule has 0 amide bonds. The van der Waals surface area contributed by atoms with Crippen LogP contribution in [0.2, 0.25) is 10.0 Å². The molecule has 3 aromatic rings. The third-order valence-corrected chi connectivity index (χ3v) is 4.52. The van der Waals surface area contributed by atoms with Crippen LogP contribution in [0, 0.1) is 0 Å². The average molecular weight is 479 g/mol. The van der Waals surface area contributed by atoms with Crippen molar-refractivity contribution in [2.45, 2.75) is 13.8 Å². The van der Waals surface area contributed by atoms with Crippen molar-refractivity contribution in [1.29, 1.82) is 0 Å². The minimum absolute atomic E-state index is 0.130. The van der Waals surface area contributed by atoms with E-state index in [1.54, 1.807) is 32.0 Å². The lowest BCUT2D eigenvalue weighted by atomic mass is 10.2. The van der Waals surface area contributed by atoms with Crippen LogP contribution in [0.4, 0.5) is 5.95 Å². The van der Waals surface area contributed by atoms with E-state index < -0.39 is 0 Å². The van der Waals surface area contributed by atoms with Crippen molar-refractivity contribution in [3.8, 4) is 23.0 Å². The van der Waals surface area contributed by atoms with Crippen LogP contribution < -0.4 is 14.9 Å². The molecule has 3 rings (SSSR count). The summed E-state index contributed by atoms with van der Waals surface area (Å²) in [5, 5.41) is 36.2. The molecule has 2 aromatic carbocycles. The summed E-state index contributed by atoms with van der Waals surface area (Å²) >= 11 is 12.1. The lowest BCUT2D eigenvalue weighted by Crippen LogP contribution is -2.00. The quantitative estimate of drug-likeness (QED) is 0.311. The molecule has 0 aliphatic heterocycles. The molecule has 1 aromatic heterocycles. The van der Waals surface area contributed by atoms with Gasteiger partial charge in [-0.1, -0.05) is 23.2 Å². The summed E-state index contributed by atoms with van der Waals surface area (Å²) in [4.78, 5) is 0. The fraction of sp³-hybridized carbons (Fsp3) is 0.200. The van der Waals surface area contributed by atoms with Crippen molar-refractivity contribution < 1.29 is 19.7 Å². The van der Waals surface area contributed by atoms with E-state index >= 15 is 0 Å². The first-order valence-electron chi connectivity index (χ1n) is 9.47. The Bertz CT molecular complexity index is 1150. The molecule has 3 N–H and O–H groups in total. The Morgan fingerprint density at radius 1 is 0.969 bits per heavy atom. The van der Waals surface area contributed by atoms with Gasteiger partial charge in [-0.25, -0.2) is 5.43 Å². The summed E-state index contributed by atoms with van der Waals surface area (Å²) in [7, 11) is 0. The summed E-state index contributed by atoms with van der Waals surface area (Å²) in [6.45, 7) is 4.35. The van der Waals surface area contributed by atoms with E-state index in [1.807, 2.05) is 0 Å². The maximum absolute atomic E-state index is 9.94. The molecule has 32 heavy (non-hydrogen) atoms. The Morgan fingerprint density at radius 3 is 2.09 bits per heavy atom. The zero-order valence-electron chi connectivity index (χ0n) is 17.2. The van der Waals surface area contributed by atoms with Crippen LogP contribution in [0.5, 0.6) is 23.0 Å². The molecule has 0 radical (unpaired) electrons. The molecule has 0 aliphatic rings. The first kappa shape index (κ1) is 23.2. The number of halogens is 2. The van der Waals surface area contributed by atoms with Crippen LogP contribution in [0.3, 0.4) is 0 Å². The van der Waals surface area contributed by atoms with Gasteiger partial charge in [0, 0.05) is 0 Å². The largest absolute Gasteiger partial charge is 0.503 e. The molecule has 0 unspecified atom stereocenters. The second-order valence-corrected chi connectivity index (χ2v) is 6.99. The van der Waals surface area contributed by atoms with Gasteiger partial charge in [0.2, 0.25) is 0 Å². The van der Waals surface area contributed by atoms with Crippen LogP contribution in [0.15, 0.2) is 40.8 Å². The van der Waals surface area contributed by atoms with E-state index in [9.17, 15) is 10.2 Å². The van der Waals surface area contributed by atoms with E-state index in [4.69, 9.17) is 32.7 Å². The van der Waals surface area contributed by atoms with Crippen LogP contribution in [0.1, 0.15) is 25.0 Å². The Hall–Kier alpha value is -3.50. The lowest BCUT2D eigenvalue weighted by molar-refractivity contribution is 0.318. The van der Waals surface area contributed by atoms with E-state index in [-0.39, 0.29) is 39.0 Å². The molecule has 0 aliphatic carbocycles. The summed E-state index contributed by atoms with van der Waals surface area (Å²) in [6, 6.07) is 6.29. The maximum Gasteiger partial charge on any atom is 0.265 e. The number of nitrogens with zero attached hydrogens (tertiary/aromatic N) is 5. The lowest BCUT2D eigenvalue weighted by Gasteiger charge is -2.08. The monoisotopic (exact) mass is 478 g/mol. The fourth-order valence-corrected chi connectivity index (χ4v) is 2.99. The molecule has 0 spiro atoms. The highest BCUT2D eigenvalue weighted by atomic mass is 35.5. The van der Waals surface area contributed by atoms with E-state index in [1.165, 1.54) is 29.5 Å². The molecule has 12 heteroatoms. The Balaban J connectivity index is 1.74. The van der Waals surface area contributed by atoms with Crippen LogP contribution in [0.25, 0.3) is 0 Å². The van der Waals surface area contributed by atoms with Crippen molar-refractivity contribution in [2.24, 2.45) is 10.2 Å². The average Bonchev–Trinajstić information content (AvgIpc) is 3.21. The number of aromatic hydroxyl groups is 2. The van der Waals surface area contributed by atoms with Crippen LogP contribution in [-0.4, -0.2) is 50.7 Å². The zero-order valence-corrected chi connectivity index (χ0v) is 18.7. The number of ether oxygens (including phenoxy) is 2. The van der Waals surface area contributed by atoms with Crippen molar-refractivity contribution >= 4 is 41.6 Å². The van der Waals surface area contributed by atoms with Gasteiger partial charge in [-0.15, -0.1) is 10.2 Å². The molecule has 168 valence electrons. The molecule has 0 fully saturated rings. The molecule has 0 atom stereocenters. The van der Waals surface area contributed by atoms with Crippen molar-refractivity contribution in [2.75, 3.05) is 18.6 Å². The number of rotatable bonds is 9. The standard InChI is InChI=1S/C20H20Cl2N6O4/c1-3-31-16-7-12(5-14(21)18(16)29)9-23-26-20-27-24-11-28(20)25-10-13-6-15(22)19(30)17(8-13)32-4-2/h5-11,29-30H,3-4H2,1-2H3,(H,26,27)/b23-9-,25-10+. The van der Waals surface area contributed by atoms with Gasteiger partial charge in [0.25, 0.3) is 5.95 Å². The van der Waals surface area contributed by atoms with Crippen LogP contribution in [-0.2, 0) is 0 Å². The second kappa shape index (κ2) is 10.7. The first-order chi connectivity index (χ1) is 15.4. The summed E-state index contributed by atoms with van der Waals surface area (Å²) in [6.07, 6.45) is 4.36. The first-order valence-corrected chi connectivity index (χ1v) is 10.2. The van der Waals surface area contributed by atoms with Gasteiger partial charge in [-0.3, -0.25) is 0 Å². The van der Waals surface area contributed by atoms with E-state index in [2.05, 4.69) is 25.8 Å². The number of nitrogens with one attached hydrogen (secondary N) is 1. The summed E-state index contributed by atoms with van der Waals surface area (Å²) < 4.78 is 12.1. The number of benzene rings is 2. The molecular formula is C20H20Cl2N6O4. The highest BCUT2D eigenvalue weighted by Gasteiger charge is 2.10. The number of hydrogen-bond acceptors (Lipinski definition) is 9. The predicted molar refractivity (Wildman–Crippen MR) is 123 cm³/mol. The number of anilines is 1. The maximum atomic E-state index is 9.94. The SMILES string of the molecule is CCOc1cc(/C=N\Nc2nncn2/N=C/c2cc(Cl)c(O)c(OCC)c2)cc(Cl)c1O. The van der Waals surface area contributed by atoms with Gasteiger partial charge in [0.15, 0.2) is 23.0 Å². The minimum atomic E-state index is -0.131. The van der Waals surface area contributed by atoms with Gasteiger partial charge < -0.3 is 19.7 Å². The number of phenols is 2. The minimum Gasteiger partial charge on any atom is -0.503 e. The number of hydrazone groups is 1. The topological polar surface area (TPSA) is 126 Å². The molecule has 0 bridgehead atoms. The van der Waals surface area contributed by atoms with Crippen molar-refractivity contribution in [3.63, 3.8) is 0 Å². The summed E-state index contributed by atoms with van der Waals surface area (Å²) in [5.74, 6) is 0.491. The van der Waals surface area contributed by atoms with Gasteiger partial charge in [-0.05, 0) is 49.2 Å². The second-order valence-electron chi connectivity index (χ2n) is 6.18. The van der Waals surface area contributed by atoms with Gasteiger partial charge >= 0.3 is 0 Å².